The third-order valence-corrected chi connectivity index (χ3v) is 1.32. The van der Waals surface area contributed by atoms with Crippen molar-refractivity contribution in [1.29, 1.82) is 5.41 Å². The van der Waals surface area contributed by atoms with Crippen LogP contribution in [0.5, 0.6) is 0 Å². The van der Waals surface area contributed by atoms with Gasteiger partial charge in [-0.05, 0) is 6.42 Å². The molecule has 0 aromatic carbocycles. The molecule has 0 saturated heterocycles. The van der Waals surface area contributed by atoms with Crippen LogP contribution in [0.25, 0.3) is 0 Å². The Labute approximate surface area is 66.7 Å². The van der Waals surface area contributed by atoms with Gasteiger partial charge in [0.25, 0.3) is 0 Å². The third-order valence-electron chi connectivity index (χ3n) is 1.32. The first kappa shape index (κ1) is 9.94. The molecule has 0 aliphatic rings. The van der Waals surface area contributed by atoms with Crippen LogP contribution in [-0.2, 0) is 4.79 Å². The second-order valence-corrected chi connectivity index (χ2v) is 2.37. The molecule has 0 fully saturated rings. The molecular weight excluding hydrogens is 142 g/mol. The standard InChI is InChI=1S/C7H14N3O/c1-2-3-4-6(5-11)10-7(8)9/h6H,2-4H2,1H3,(H4,8,9,10). The summed E-state index contributed by atoms with van der Waals surface area (Å²) in [6, 6.07) is -0.410. The maximum Gasteiger partial charge on any atom is 0.222 e. The summed E-state index contributed by atoms with van der Waals surface area (Å²) in [4.78, 5) is 10.2. The summed E-state index contributed by atoms with van der Waals surface area (Å²) >= 11 is 0. The van der Waals surface area contributed by atoms with Gasteiger partial charge in [-0.3, -0.25) is 10.2 Å². The maximum absolute atomic E-state index is 10.2. The maximum atomic E-state index is 10.2. The number of unbranched alkanes of at least 4 members (excludes halogenated alkanes) is 1. The van der Waals surface area contributed by atoms with Crippen molar-refractivity contribution in [3.63, 3.8) is 0 Å². The summed E-state index contributed by atoms with van der Waals surface area (Å²) in [5, 5.41) is 9.35. The van der Waals surface area contributed by atoms with Crippen molar-refractivity contribution in [2.24, 2.45) is 5.73 Å². The Kier molecular flexibility index (Phi) is 5.15. The number of carbonyl (C=O) groups excluding carboxylic acids is 1. The zero-order chi connectivity index (χ0) is 8.69. The predicted octanol–water partition coefficient (Wildman–Crippen LogP) is 0.138. The van der Waals surface area contributed by atoms with E-state index in [1.165, 1.54) is 0 Å². The van der Waals surface area contributed by atoms with Crippen LogP contribution >= 0.6 is 0 Å². The van der Waals surface area contributed by atoms with Gasteiger partial charge in [-0.2, -0.15) is 0 Å². The summed E-state index contributed by atoms with van der Waals surface area (Å²) in [7, 11) is 0. The second-order valence-electron chi connectivity index (χ2n) is 2.37. The number of nitrogens with one attached hydrogen (secondary N) is 2. The fourth-order valence-corrected chi connectivity index (χ4v) is 0.757. The van der Waals surface area contributed by atoms with Gasteiger partial charge in [0.1, 0.15) is 0 Å². The minimum absolute atomic E-state index is 0.172. The normalized spacial score (nSPS) is 12.1. The fourth-order valence-electron chi connectivity index (χ4n) is 0.757. The van der Waals surface area contributed by atoms with Crippen molar-refractivity contribution < 1.29 is 4.79 Å². The van der Waals surface area contributed by atoms with Crippen molar-refractivity contribution in [3.8, 4) is 0 Å². The van der Waals surface area contributed by atoms with Crippen LogP contribution in [0.1, 0.15) is 26.2 Å². The first-order valence-electron chi connectivity index (χ1n) is 3.69. The average molecular weight is 156 g/mol. The van der Waals surface area contributed by atoms with E-state index < -0.39 is 6.04 Å². The Morgan fingerprint density at radius 2 is 2.45 bits per heavy atom. The van der Waals surface area contributed by atoms with Crippen LogP contribution in [0.15, 0.2) is 0 Å². The van der Waals surface area contributed by atoms with Gasteiger partial charge in [-0.1, -0.05) is 19.8 Å². The summed E-state index contributed by atoms with van der Waals surface area (Å²) < 4.78 is 0. The highest BCUT2D eigenvalue weighted by molar-refractivity contribution is 5.78. The fraction of sp³-hybridized carbons (Fsp3) is 0.714. The highest BCUT2D eigenvalue weighted by atomic mass is 16.1. The number of hydrogen-bond acceptors (Lipinski definition) is 2. The number of nitrogens with two attached hydrogens (primary N) is 1. The van der Waals surface area contributed by atoms with Gasteiger partial charge in [0.15, 0.2) is 5.96 Å². The molecule has 0 spiro atoms. The van der Waals surface area contributed by atoms with Crippen molar-refractivity contribution in [1.82, 2.24) is 5.32 Å². The lowest BCUT2D eigenvalue weighted by atomic mass is 10.1. The van der Waals surface area contributed by atoms with Crippen LogP contribution in [0.3, 0.4) is 0 Å². The van der Waals surface area contributed by atoms with Crippen LogP contribution in [0.2, 0.25) is 0 Å². The zero-order valence-electron chi connectivity index (χ0n) is 6.68. The average Bonchev–Trinajstić information content (AvgIpc) is 1.97. The number of rotatable bonds is 5. The lowest BCUT2D eigenvalue weighted by molar-refractivity contribution is 0.519. The van der Waals surface area contributed by atoms with Gasteiger partial charge in [-0.15, -0.1) is 0 Å². The van der Waals surface area contributed by atoms with E-state index >= 15 is 0 Å². The Bertz CT molecular complexity index is 136. The Morgan fingerprint density at radius 3 is 2.82 bits per heavy atom. The first-order chi connectivity index (χ1) is 5.20. The predicted molar refractivity (Wildman–Crippen MR) is 44.1 cm³/mol. The van der Waals surface area contributed by atoms with Gasteiger partial charge in [0.2, 0.25) is 6.29 Å². The summed E-state index contributed by atoms with van der Waals surface area (Å²) in [5.41, 5.74) is 5.03. The van der Waals surface area contributed by atoms with Gasteiger partial charge in [0.05, 0.1) is 6.04 Å². The highest BCUT2D eigenvalue weighted by Gasteiger charge is 2.06. The van der Waals surface area contributed by atoms with Crippen molar-refractivity contribution >= 4 is 12.2 Å². The van der Waals surface area contributed by atoms with E-state index in [-0.39, 0.29) is 5.96 Å². The van der Waals surface area contributed by atoms with E-state index in [0.29, 0.717) is 6.42 Å². The molecule has 0 saturated carbocycles. The van der Waals surface area contributed by atoms with Crippen LogP contribution in [0, 0.1) is 5.41 Å². The van der Waals surface area contributed by atoms with Crippen molar-refractivity contribution in [3.05, 3.63) is 0 Å². The van der Waals surface area contributed by atoms with Crippen molar-refractivity contribution in [2.75, 3.05) is 0 Å². The Hall–Kier alpha value is -1.06. The topological polar surface area (TPSA) is 79.0 Å². The zero-order valence-corrected chi connectivity index (χ0v) is 6.68. The molecule has 0 amide bonds. The van der Waals surface area contributed by atoms with Gasteiger partial charge in [-0.25, -0.2) is 0 Å². The first-order valence-corrected chi connectivity index (χ1v) is 3.69. The minimum Gasteiger partial charge on any atom is -0.370 e. The molecule has 4 N–H and O–H groups in total. The molecule has 4 nitrogen and oxygen atoms in total. The van der Waals surface area contributed by atoms with E-state index in [2.05, 4.69) is 5.32 Å². The quantitative estimate of drug-likeness (QED) is 0.391. The molecule has 0 rings (SSSR count). The molecule has 1 atom stereocenters. The molecule has 1 radical (unpaired) electrons. The van der Waals surface area contributed by atoms with Crippen LogP contribution in [-0.4, -0.2) is 18.3 Å². The largest absolute Gasteiger partial charge is 0.370 e. The molecule has 0 aliphatic carbocycles. The molecule has 0 aromatic heterocycles. The molecule has 11 heavy (non-hydrogen) atoms. The minimum atomic E-state index is -0.410. The smallest absolute Gasteiger partial charge is 0.222 e. The molecule has 0 aliphatic heterocycles. The molecule has 4 heteroatoms. The van der Waals surface area contributed by atoms with Gasteiger partial charge < -0.3 is 11.1 Å². The molecule has 0 bridgehead atoms. The third kappa shape index (κ3) is 5.39. The monoisotopic (exact) mass is 156 g/mol. The number of guanidine groups is 1. The van der Waals surface area contributed by atoms with Gasteiger partial charge in [0, 0.05) is 0 Å². The summed E-state index contributed by atoms with van der Waals surface area (Å²) in [6.07, 6.45) is 4.45. The van der Waals surface area contributed by atoms with Crippen LogP contribution in [0.4, 0.5) is 0 Å². The Balaban J connectivity index is 3.57. The molecular formula is C7H14N3O. The lowest BCUT2D eigenvalue weighted by Crippen LogP contribution is -2.40. The molecule has 63 valence electrons. The number of hydrogen-bond donors (Lipinski definition) is 3. The van der Waals surface area contributed by atoms with Crippen LogP contribution < -0.4 is 11.1 Å². The van der Waals surface area contributed by atoms with E-state index in [1.54, 1.807) is 6.29 Å². The lowest BCUT2D eigenvalue weighted by Gasteiger charge is -2.09. The van der Waals surface area contributed by atoms with Gasteiger partial charge >= 0.3 is 0 Å². The molecule has 1 unspecified atom stereocenters. The van der Waals surface area contributed by atoms with E-state index in [4.69, 9.17) is 11.1 Å². The van der Waals surface area contributed by atoms with Crippen molar-refractivity contribution in [2.45, 2.75) is 32.2 Å². The summed E-state index contributed by atoms with van der Waals surface area (Å²) in [6.45, 7) is 2.04. The highest BCUT2D eigenvalue weighted by Crippen LogP contribution is 1.97. The summed E-state index contributed by atoms with van der Waals surface area (Å²) in [5.74, 6) is -0.172. The van der Waals surface area contributed by atoms with E-state index in [9.17, 15) is 4.79 Å². The van der Waals surface area contributed by atoms with E-state index in [0.717, 1.165) is 12.8 Å². The molecule has 0 aromatic rings. The van der Waals surface area contributed by atoms with E-state index in [1.807, 2.05) is 6.92 Å². The molecule has 0 heterocycles. The Morgan fingerprint density at radius 1 is 1.82 bits per heavy atom. The second kappa shape index (κ2) is 5.70. The SMILES string of the molecule is CCCCC([C]=O)NC(=N)N.